The summed E-state index contributed by atoms with van der Waals surface area (Å²) >= 11 is 5.71. The minimum Gasteiger partial charge on any atom is -0.335 e. The van der Waals surface area contributed by atoms with Crippen LogP contribution in [-0.2, 0) is 4.79 Å². The molecule has 0 aliphatic carbocycles. The van der Waals surface area contributed by atoms with Gasteiger partial charge in [-0.15, -0.1) is 0 Å². The predicted octanol–water partition coefficient (Wildman–Crippen LogP) is 0.670. The molecule has 2 rings (SSSR count). The van der Waals surface area contributed by atoms with Gasteiger partial charge in [-0.05, 0) is 24.3 Å². The summed E-state index contributed by atoms with van der Waals surface area (Å²) in [6.07, 6.45) is 0. The van der Waals surface area contributed by atoms with Crippen molar-refractivity contribution in [2.45, 2.75) is 6.04 Å². The molecule has 1 aromatic carbocycles. The zero-order valence-corrected chi connectivity index (χ0v) is 10.5. The first-order chi connectivity index (χ1) is 9.04. The number of nitrogens with one attached hydrogen (secondary N) is 4. The molecule has 1 aliphatic heterocycles. The van der Waals surface area contributed by atoms with E-state index in [1.807, 2.05) is 0 Å². The highest BCUT2D eigenvalue weighted by Gasteiger charge is 2.29. The van der Waals surface area contributed by atoms with Crippen molar-refractivity contribution in [1.82, 2.24) is 16.0 Å². The van der Waals surface area contributed by atoms with Gasteiger partial charge in [0.15, 0.2) is 0 Å². The van der Waals surface area contributed by atoms with Gasteiger partial charge in [-0.25, -0.2) is 9.59 Å². The number of hydrogen-bond donors (Lipinski definition) is 4. The van der Waals surface area contributed by atoms with Gasteiger partial charge in [0.25, 0.3) is 5.91 Å². The maximum absolute atomic E-state index is 11.5. The van der Waals surface area contributed by atoms with Crippen LogP contribution < -0.4 is 21.3 Å². The summed E-state index contributed by atoms with van der Waals surface area (Å²) in [6.45, 7) is 0.0109. The van der Waals surface area contributed by atoms with Crippen molar-refractivity contribution in [3.05, 3.63) is 29.3 Å². The van der Waals surface area contributed by atoms with Crippen LogP contribution in [0.25, 0.3) is 0 Å². The van der Waals surface area contributed by atoms with Crippen LogP contribution in [-0.4, -0.2) is 30.6 Å². The van der Waals surface area contributed by atoms with E-state index in [9.17, 15) is 14.4 Å². The molecule has 0 aromatic heterocycles. The molecule has 1 fully saturated rings. The van der Waals surface area contributed by atoms with Crippen molar-refractivity contribution in [2.75, 3.05) is 11.9 Å². The first-order valence-corrected chi connectivity index (χ1v) is 5.84. The minimum atomic E-state index is -0.747. The Morgan fingerprint density at radius 1 is 1.26 bits per heavy atom. The van der Waals surface area contributed by atoms with Crippen LogP contribution in [0, 0.1) is 0 Å². The van der Waals surface area contributed by atoms with Gasteiger partial charge in [-0.3, -0.25) is 10.1 Å². The Labute approximate surface area is 113 Å². The predicted molar refractivity (Wildman–Crippen MR) is 68.9 cm³/mol. The second-order valence-electron chi connectivity index (χ2n) is 3.86. The summed E-state index contributed by atoms with van der Waals surface area (Å²) in [5.41, 5.74) is 0.571. The fourth-order valence-corrected chi connectivity index (χ4v) is 1.63. The third-order valence-electron chi connectivity index (χ3n) is 2.43. The molecule has 1 saturated heterocycles. The summed E-state index contributed by atoms with van der Waals surface area (Å²) in [6, 6.07) is 4.79. The molecule has 19 heavy (non-hydrogen) atoms. The van der Waals surface area contributed by atoms with Crippen LogP contribution in [0.4, 0.5) is 15.3 Å². The summed E-state index contributed by atoms with van der Waals surface area (Å²) in [5, 5.41) is 10.1. The first kappa shape index (κ1) is 13.2. The van der Waals surface area contributed by atoms with Crippen LogP contribution in [0.5, 0.6) is 0 Å². The third-order valence-corrected chi connectivity index (χ3v) is 2.68. The van der Waals surface area contributed by atoms with Gasteiger partial charge in [-0.1, -0.05) is 11.6 Å². The molecule has 1 heterocycles. The molecule has 0 spiro atoms. The number of anilines is 1. The average molecular weight is 283 g/mol. The highest BCUT2D eigenvalue weighted by atomic mass is 35.5. The van der Waals surface area contributed by atoms with Gasteiger partial charge in [-0.2, -0.15) is 0 Å². The number of carbonyl (C=O) groups excluding carboxylic acids is 3. The number of imide groups is 1. The van der Waals surface area contributed by atoms with E-state index in [1.165, 1.54) is 0 Å². The smallest absolute Gasteiger partial charge is 0.322 e. The van der Waals surface area contributed by atoms with Crippen molar-refractivity contribution >= 4 is 35.3 Å². The van der Waals surface area contributed by atoms with Crippen molar-refractivity contribution < 1.29 is 14.4 Å². The number of rotatable bonds is 3. The maximum Gasteiger partial charge on any atom is 0.322 e. The molecule has 5 amide bonds. The van der Waals surface area contributed by atoms with Crippen LogP contribution in [0.3, 0.4) is 0 Å². The Balaban J connectivity index is 1.80. The number of hydrogen-bond acceptors (Lipinski definition) is 3. The van der Waals surface area contributed by atoms with Gasteiger partial charge in [0.05, 0.1) is 0 Å². The Morgan fingerprint density at radius 2 is 1.95 bits per heavy atom. The molecule has 0 bridgehead atoms. The highest BCUT2D eigenvalue weighted by Crippen LogP contribution is 2.12. The molecule has 8 heteroatoms. The van der Waals surface area contributed by atoms with Gasteiger partial charge < -0.3 is 16.0 Å². The number of urea groups is 2. The van der Waals surface area contributed by atoms with E-state index in [4.69, 9.17) is 11.6 Å². The fraction of sp³-hybridized carbons (Fsp3) is 0.182. The number of halogens is 1. The van der Waals surface area contributed by atoms with E-state index in [0.717, 1.165) is 0 Å². The van der Waals surface area contributed by atoms with Crippen LogP contribution in [0.2, 0.25) is 5.02 Å². The molecule has 100 valence electrons. The van der Waals surface area contributed by atoms with Crippen molar-refractivity contribution in [1.29, 1.82) is 0 Å². The molecular formula is C11H11ClN4O3. The largest absolute Gasteiger partial charge is 0.335 e. The zero-order chi connectivity index (χ0) is 13.8. The Kier molecular flexibility index (Phi) is 3.86. The van der Waals surface area contributed by atoms with E-state index >= 15 is 0 Å². The SMILES string of the molecule is O=C(NCC1NC(=O)NC1=O)Nc1ccc(Cl)cc1. The van der Waals surface area contributed by atoms with Gasteiger partial charge >= 0.3 is 12.1 Å². The topological polar surface area (TPSA) is 99.3 Å². The Hall–Kier alpha value is -2.28. The first-order valence-electron chi connectivity index (χ1n) is 5.46. The molecule has 1 aromatic rings. The van der Waals surface area contributed by atoms with Crippen molar-refractivity contribution in [2.24, 2.45) is 0 Å². The maximum atomic E-state index is 11.5. The van der Waals surface area contributed by atoms with Crippen LogP contribution >= 0.6 is 11.6 Å². The molecule has 0 radical (unpaired) electrons. The number of benzene rings is 1. The quantitative estimate of drug-likeness (QED) is 0.613. The molecular weight excluding hydrogens is 272 g/mol. The second-order valence-corrected chi connectivity index (χ2v) is 4.29. The molecule has 1 aliphatic rings. The van der Waals surface area contributed by atoms with Gasteiger partial charge in [0, 0.05) is 17.3 Å². The lowest BCUT2D eigenvalue weighted by atomic mass is 10.3. The highest BCUT2D eigenvalue weighted by molar-refractivity contribution is 6.30. The Morgan fingerprint density at radius 3 is 2.53 bits per heavy atom. The van der Waals surface area contributed by atoms with Crippen molar-refractivity contribution in [3.8, 4) is 0 Å². The molecule has 4 N–H and O–H groups in total. The van der Waals surface area contributed by atoms with Crippen LogP contribution in [0.1, 0.15) is 0 Å². The standard InChI is InChI=1S/C11H11ClN4O3/c12-6-1-3-7(4-2-6)14-10(18)13-5-8-9(17)16-11(19)15-8/h1-4,8H,5H2,(H2,13,14,18)(H2,15,16,17,19). The van der Waals surface area contributed by atoms with Gasteiger partial charge in [0.2, 0.25) is 0 Å². The average Bonchev–Trinajstić information content (AvgIpc) is 2.68. The summed E-state index contributed by atoms with van der Waals surface area (Å²) in [7, 11) is 0. The normalized spacial score (nSPS) is 17.6. The lowest BCUT2D eigenvalue weighted by Gasteiger charge is -2.10. The van der Waals surface area contributed by atoms with E-state index < -0.39 is 24.0 Å². The Bertz CT molecular complexity index is 517. The molecule has 1 atom stereocenters. The van der Waals surface area contributed by atoms with E-state index in [2.05, 4.69) is 21.3 Å². The third kappa shape index (κ3) is 3.59. The monoisotopic (exact) mass is 282 g/mol. The van der Waals surface area contributed by atoms with Gasteiger partial charge in [0.1, 0.15) is 6.04 Å². The van der Waals surface area contributed by atoms with E-state index in [-0.39, 0.29) is 6.54 Å². The number of amides is 5. The zero-order valence-electron chi connectivity index (χ0n) is 9.70. The van der Waals surface area contributed by atoms with E-state index in [0.29, 0.717) is 10.7 Å². The summed E-state index contributed by atoms with van der Waals surface area (Å²) in [4.78, 5) is 33.6. The number of carbonyl (C=O) groups is 3. The second kappa shape index (κ2) is 5.57. The van der Waals surface area contributed by atoms with Crippen molar-refractivity contribution in [3.63, 3.8) is 0 Å². The molecule has 0 saturated carbocycles. The summed E-state index contributed by atoms with van der Waals surface area (Å²) in [5.74, 6) is -0.461. The fourth-order valence-electron chi connectivity index (χ4n) is 1.51. The lowest BCUT2D eigenvalue weighted by Crippen LogP contribution is -2.43. The van der Waals surface area contributed by atoms with Crippen LogP contribution in [0.15, 0.2) is 24.3 Å². The lowest BCUT2D eigenvalue weighted by molar-refractivity contribution is -0.120. The van der Waals surface area contributed by atoms with E-state index in [1.54, 1.807) is 24.3 Å². The molecule has 7 nitrogen and oxygen atoms in total. The summed E-state index contributed by atoms with van der Waals surface area (Å²) < 4.78 is 0. The molecule has 1 unspecified atom stereocenters. The minimum absolute atomic E-state index is 0.0109.